The number of benzene rings is 1. The molecule has 0 radical (unpaired) electrons. The van der Waals surface area contributed by atoms with Gasteiger partial charge in [0, 0.05) is 55.8 Å². The number of nitrogens with zero attached hydrogens (tertiary/aromatic N) is 6. The van der Waals surface area contributed by atoms with Gasteiger partial charge in [0.05, 0.1) is 0 Å². The van der Waals surface area contributed by atoms with Crippen LogP contribution in [0, 0.1) is 6.92 Å². The van der Waals surface area contributed by atoms with Gasteiger partial charge in [-0.3, -0.25) is 9.36 Å². The Balaban J connectivity index is 1.30. The molecule has 1 aromatic carbocycles. The average molecular weight is 416 g/mol. The smallest absolute Gasteiger partial charge is 0.243 e. The third-order valence-corrected chi connectivity index (χ3v) is 5.93. The van der Waals surface area contributed by atoms with E-state index in [0.717, 1.165) is 30.8 Å². The molecule has 31 heavy (non-hydrogen) atoms. The summed E-state index contributed by atoms with van der Waals surface area (Å²) < 4.78 is 3.89. The van der Waals surface area contributed by atoms with Crippen molar-refractivity contribution in [2.75, 3.05) is 11.4 Å². The monoisotopic (exact) mass is 415 g/mol. The van der Waals surface area contributed by atoms with Gasteiger partial charge in [-0.15, -0.1) is 0 Å². The number of anilines is 1. The summed E-state index contributed by atoms with van der Waals surface area (Å²) in [5.41, 5.74) is 3.54. The van der Waals surface area contributed by atoms with Crippen molar-refractivity contribution in [1.29, 1.82) is 0 Å². The standard InChI is InChI=1S/C23H25N7O/c1-16-14-28(2)19-6-5-17(12-18(16)19)13-26-22(31)20-4-3-10-30(20)21-7-8-25-23(27-21)29-11-9-24-15-29/h5-9,11-12,14-15,20H,3-4,10,13H2,1-2H3,(H,26,31). The van der Waals surface area contributed by atoms with Gasteiger partial charge in [-0.25, -0.2) is 9.97 Å². The zero-order valence-corrected chi connectivity index (χ0v) is 17.7. The van der Waals surface area contributed by atoms with Crippen LogP contribution in [-0.4, -0.2) is 42.6 Å². The SMILES string of the molecule is Cc1cn(C)c2ccc(CNC(=O)C3CCCN3c3ccnc(-n4ccnc4)n3)cc12. The average Bonchev–Trinajstić information content (AvgIpc) is 3.54. The molecular formula is C23H25N7O. The lowest BCUT2D eigenvalue weighted by Crippen LogP contribution is -2.43. The Morgan fingerprint density at radius 3 is 3.00 bits per heavy atom. The summed E-state index contributed by atoms with van der Waals surface area (Å²) in [5, 5.41) is 4.35. The largest absolute Gasteiger partial charge is 0.350 e. The molecule has 0 saturated carbocycles. The minimum atomic E-state index is -0.229. The molecule has 1 aliphatic rings. The van der Waals surface area contributed by atoms with Gasteiger partial charge in [0.1, 0.15) is 18.2 Å². The van der Waals surface area contributed by atoms with Crippen LogP contribution in [0.3, 0.4) is 0 Å². The van der Waals surface area contributed by atoms with E-state index in [4.69, 9.17) is 0 Å². The number of amides is 1. The van der Waals surface area contributed by atoms with Crippen molar-refractivity contribution in [2.24, 2.45) is 7.05 Å². The molecule has 1 saturated heterocycles. The number of imidazole rings is 1. The van der Waals surface area contributed by atoms with Crippen LogP contribution in [0.15, 0.2) is 55.4 Å². The van der Waals surface area contributed by atoms with E-state index in [1.807, 2.05) is 6.07 Å². The summed E-state index contributed by atoms with van der Waals surface area (Å²) in [7, 11) is 2.05. The lowest BCUT2D eigenvalue weighted by Gasteiger charge is -2.25. The van der Waals surface area contributed by atoms with Gasteiger partial charge in [-0.1, -0.05) is 6.07 Å². The van der Waals surface area contributed by atoms with Crippen LogP contribution in [0.4, 0.5) is 5.82 Å². The van der Waals surface area contributed by atoms with Crippen molar-refractivity contribution >= 4 is 22.6 Å². The molecule has 5 rings (SSSR count). The van der Waals surface area contributed by atoms with Crippen LogP contribution >= 0.6 is 0 Å². The Morgan fingerprint density at radius 1 is 1.26 bits per heavy atom. The molecule has 4 heterocycles. The van der Waals surface area contributed by atoms with E-state index in [-0.39, 0.29) is 11.9 Å². The molecule has 0 spiro atoms. The number of aromatic nitrogens is 5. The molecular weight excluding hydrogens is 390 g/mol. The Labute approximate surface area is 180 Å². The number of rotatable bonds is 5. The van der Waals surface area contributed by atoms with Crippen LogP contribution in [0.25, 0.3) is 16.9 Å². The predicted octanol–water partition coefficient (Wildman–Crippen LogP) is 2.75. The van der Waals surface area contributed by atoms with Gasteiger partial charge in [0.15, 0.2) is 0 Å². The number of aryl methyl sites for hydroxylation is 2. The molecule has 4 aromatic rings. The molecule has 1 N–H and O–H groups in total. The zero-order chi connectivity index (χ0) is 21.4. The van der Waals surface area contributed by atoms with E-state index in [1.165, 1.54) is 16.5 Å². The van der Waals surface area contributed by atoms with Crippen molar-refractivity contribution in [3.05, 3.63) is 66.5 Å². The topological polar surface area (TPSA) is 80.9 Å². The van der Waals surface area contributed by atoms with Crippen molar-refractivity contribution in [3.63, 3.8) is 0 Å². The summed E-state index contributed by atoms with van der Waals surface area (Å²) >= 11 is 0. The molecule has 1 fully saturated rings. The van der Waals surface area contributed by atoms with Crippen molar-refractivity contribution in [2.45, 2.75) is 32.4 Å². The van der Waals surface area contributed by atoms with Gasteiger partial charge < -0.3 is 14.8 Å². The first-order valence-electron chi connectivity index (χ1n) is 10.5. The van der Waals surface area contributed by atoms with Crippen LogP contribution in [-0.2, 0) is 18.4 Å². The quantitative estimate of drug-likeness (QED) is 0.542. The lowest BCUT2D eigenvalue weighted by atomic mass is 10.1. The first-order chi connectivity index (χ1) is 15.1. The second-order valence-electron chi connectivity index (χ2n) is 8.03. The molecule has 0 bridgehead atoms. The summed E-state index contributed by atoms with van der Waals surface area (Å²) in [6.45, 7) is 3.42. The maximum Gasteiger partial charge on any atom is 0.243 e. The minimum Gasteiger partial charge on any atom is -0.350 e. The van der Waals surface area contributed by atoms with Gasteiger partial charge in [0.2, 0.25) is 11.9 Å². The van der Waals surface area contributed by atoms with Crippen LogP contribution in [0.5, 0.6) is 0 Å². The molecule has 1 amide bonds. The molecule has 158 valence electrons. The zero-order valence-electron chi connectivity index (χ0n) is 17.7. The third kappa shape index (κ3) is 3.65. The summed E-state index contributed by atoms with van der Waals surface area (Å²) in [4.78, 5) is 28.1. The van der Waals surface area contributed by atoms with Crippen molar-refractivity contribution in [1.82, 2.24) is 29.4 Å². The molecule has 0 aliphatic carbocycles. The Kier molecular flexibility index (Phi) is 4.89. The van der Waals surface area contributed by atoms with Crippen LogP contribution in [0.1, 0.15) is 24.0 Å². The molecule has 1 aliphatic heterocycles. The second kappa shape index (κ2) is 7.86. The van der Waals surface area contributed by atoms with E-state index in [1.54, 1.807) is 29.5 Å². The fraction of sp³-hybridized carbons (Fsp3) is 0.304. The number of hydrogen-bond acceptors (Lipinski definition) is 5. The number of nitrogens with one attached hydrogen (secondary N) is 1. The fourth-order valence-corrected chi connectivity index (χ4v) is 4.37. The lowest BCUT2D eigenvalue weighted by molar-refractivity contribution is -0.122. The highest BCUT2D eigenvalue weighted by molar-refractivity contribution is 5.86. The normalized spacial score (nSPS) is 16.2. The molecule has 8 nitrogen and oxygen atoms in total. The number of fused-ring (bicyclic) bond motifs is 1. The van der Waals surface area contributed by atoms with Crippen molar-refractivity contribution in [3.8, 4) is 5.95 Å². The molecule has 1 unspecified atom stereocenters. The highest BCUT2D eigenvalue weighted by Gasteiger charge is 2.31. The first kappa shape index (κ1) is 19.3. The van der Waals surface area contributed by atoms with E-state index in [0.29, 0.717) is 12.5 Å². The summed E-state index contributed by atoms with van der Waals surface area (Å²) in [6.07, 6.45) is 10.8. The van der Waals surface area contributed by atoms with E-state index in [9.17, 15) is 4.79 Å². The molecule has 1 atom stereocenters. The first-order valence-corrected chi connectivity index (χ1v) is 10.5. The summed E-state index contributed by atoms with van der Waals surface area (Å²) in [6, 6.07) is 7.99. The Bertz CT molecular complexity index is 1230. The summed E-state index contributed by atoms with van der Waals surface area (Å²) in [5.74, 6) is 1.34. The maximum absolute atomic E-state index is 13.0. The minimum absolute atomic E-state index is 0.0326. The number of carbonyl (C=O) groups is 1. The highest BCUT2D eigenvalue weighted by Crippen LogP contribution is 2.25. The van der Waals surface area contributed by atoms with Crippen LogP contribution in [0.2, 0.25) is 0 Å². The van der Waals surface area contributed by atoms with Gasteiger partial charge in [-0.05, 0) is 49.1 Å². The van der Waals surface area contributed by atoms with Gasteiger partial charge in [0.25, 0.3) is 0 Å². The fourth-order valence-electron chi connectivity index (χ4n) is 4.37. The van der Waals surface area contributed by atoms with Crippen LogP contribution < -0.4 is 10.2 Å². The third-order valence-electron chi connectivity index (χ3n) is 5.93. The maximum atomic E-state index is 13.0. The predicted molar refractivity (Wildman–Crippen MR) is 119 cm³/mol. The van der Waals surface area contributed by atoms with E-state index >= 15 is 0 Å². The van der Waals surface area contributed by atoms with E-state index in [2.05, 4.69) is 68.1 Å². The molecule has 3 aromatic heterocycles. The highest BCUT2D eigenvalue weighted by atomic mass is 16.2. The number of carbonyl (C=O) groups excluding carboxylic acids is 1. The van der Waals surface area contributed by atoms with Gasteiger partial charge >= 0.3 is 0 Å². The van der Waals surface area contributed by atoms with Gasteiger partial charge in [-0.2, -0.15) is 4.98 Å². The Hall–Kier alpha value is -3.68. The second-order valence-corrected chi connectivity index (χ2v) is 8.03. The van der Waals surface area contributed by atoms with Crippen molar-refractivity contribution < 1.29 is 4.79 Å². The Morgan fingerprint density at radius 2 is 2.16 bits per heavy atom. The number of hydrogen-bond donors (Lipinski definition) is 1. The van der Waals surface area contributed by atoms with E-state index < -0.39 is 0 Å². The molecule has 8 heteroatoms.